The molecule has 1 aromatic carbocycles. The molecular formula is C11H7NO. The Kier molecular flexibility index (Phi) is 1.19. The molecule has 0 saturated carbocycles. The van der Waals surface area contributed by atoms with Gasteiger partial charge in [0.15, 0.2) is 0 Å². The van der Waals surface area contributed by atoms with Crippen LogP contribution in [0.25, 0.3) is 21.9 Å². The quantitative estimate of drug-likeness (QED) is 0.517. The van der Waals surface area contributed by atoms with Crippen LogP contribution in [0.5, 0.6) is 0 Å². The van der Waals surface area contributed by atoms with E-state index in [1.807, 2.05) is 36.5 Å². The highest BCUT2D eigenvalue weighted by atomic mass is 16.3. The fourth-order valence-corrected chi connectivity index (χ4v) is 1.53. The lowest BCUT2D eigenvalue weighted by atomic mass is 10.2. The second-order valence-electron chi connectivity index (χ2n) is 3.01. The third kappa shape index (κ3) is 0.920. The largest absolute Gasteiger partial charge is 0.464 e. The molecule has 13 heavy (non-hydrogen) atoms. The lowest BCUT2D eigenvalue weighted by Crippen LogP contribution is -1.72. The predicted molar refractivity (Wildman–Crippen MR) is 51.5 cm³/mol. The van der Waals surface area contributed by atoms with Crippen molar-refractivity contribution in [3.63, 3.8) is 0 Å². The first kappa shape index (κ1) is 6.66. The third-order valence-corrected chi connectivity index (χ3v) is 2.18. The predicted octanol–water partition coefficient (Wildman–Crippen LogP) is 2.98. The number of fused-ring (bicyclic) bond motifs is 2. The smallest absolute Gasteiger partial charge is 0.134 e. The summed E-state index contributed by atoms with van der Waals surface area (Å²) in [4.78, 5) is 4.23. The second kappa shape index (κ2) is 2.33. The van der Waals surface area contributed by atoms with Crippen LogP contribution in [0.4, 0.5) is 0 Å². The maximum absolute atomic E-state index is 5.36. The number of rotatable bonds is 0. The maximum atomic E-state index is 5.36. The van der Waals surface area contributed by atoms with E-state index in [2.05, 4.69) is 4.98 Å². The van der Waals surface area contributed by atoms with Gasteiger partial charge in [0.05, 0.1) is 11.8 Å². The van der Waals surface area contributed by atoms with Crippen LogP contribution in [0.3, 0.4) is 0 Å². The molecule has 3 rings (SSSR count). The van der Waals surface area contributed by atoms with Gasteiger partial charge in [-0.2, -0.15) is 0 Å². The second-order valence-corrected chi connectivity index (χ2v) is 3.01. The van der Waals surface area contributed by atoms with E-state index in [-0.39, 0.29) is 0 Å². The Morgan fingerprint density at radius 3 is 3.08 bits per heavy atom. The number of benzene rings is 1. The molecule has 0 bridgehead atoms. The van der Waals surface area contributed by atoms with Gasteiger partial charge in [0.25, 0.3) is 0 Å². The van der Waals surface area contributed by atoms with Gasteiger partial charge in [-0.1, -0.05) is 0 Å². The summed E-state index contributed by atoms with van der Waals surface area (Å²) in [6.07, 6.45) is 3.49. The average molecular weight is 169 g/mol. The summed E-state index contributed by atoms with van der Waals surface area (Å²) in [5.41, 5.74) is 1.93. The van der Waals surface area contributed by atoms with Gasteiger partial charge in [0.2, 0.25) is 0 Å². The lowest BCUT2D eigenvalue weighted by molar-refractivity contribution is 0.604. The molecule has 0 unspecified atom stereocenters. The Labute approximate surface area is 74.8 Å². The molecule has 2 aromatic heterocycles. The summed E-state index contributed by atoms with van der Waals surface area (Å²) in [7, 11) is 0. The fourth-order valence-electron chi connectivity index (χ4n) is 1.53. The maximum Gasteiger partial charge on any atom is 0.134 e. The minimum Gasteiger partial charge on any atom is -0.464 e. The van der Waals surface area contributed by atoms with Crippen molar-refractivity contribution in [1.29, 1.82) is 0 Å². The molecule has 2 heteroatoms. The zero-order valence-electron chi connectivity index (χ0n) is 6.90. The summed E-state index contributed by atoms with van der Waals surface area (Å²) < 4.78 is 5.36. The van der Waals surface area contributed by atoms with Gasteiger partial charge in [0.1, 0.15) is 5.58 Å². The highest BCUT2D eigenvalue weighted by Gasteiger charge is 1.99. The molecule has 0 amide bonds. The van der Waals surface area contributed by atoms with E-state index in [4.69, 9.17) is 4.42 Å². The van der Waals surface area contributed by atoms with Gasteiger partial charge in [0, 0.05) is 17.0 Å². The Balaban J connectivity index is 2.57. The van der Waals surface area contributed by atoms with E-state index in [9.17, 15) is 0 Å². The highest BCUT2D eigenvalue weighted by molar-refractivity contribution is 5.93. The van der Waals surface area contributed by atoms with Crippen molar-refractivity contribution < 1.29 is 4.42 Å². The van der Waals surface area contributed by atoms with Gasteiger partial charge >= 0.3 is 0 Å². The van der Waals surface area contributed by atoms with Crippen molar-refractivity contribution in [2.24, 2.45) is 0 Å². The van der Waals surface area contributed by atoms with E-state index in [1.165, 1.54) is 0 Å². The summed E-state index contributed by atoms with van der Waals surface area (Å²) in [5, 5.41) is 2.22. The van der Waals surface area contributed by atoms with Crippen molar-refractivity contribution in [3.8, 4) is 0 Å². The number of aromatic nitrogens is 1. The van der Waals surface area contributed by atoms with Crippen molar-refractivity contribution >= 4 is 21.9 Å². The number of nitrogens with zero attached hydrogens (tertiary/aromatic N) is 1. The standard InChI is InChI=1S/C11H7NO/c1-2-9-6-10-8(3-4-12-10)7-11(9)13-5-1/h1-7H. The van der Waals surface area contributed by atoms with Crippen molar-refractivity contribution in [3.05, 3.63) is 42.8 Å². The van der Waals surface area contributed by atoms with Crippen LogP contribution in [0.15, 0.2) is 47.2 Å². The first-order valence-electron chi connectivity index (χ1n) is 4.15. The van der Waals surface area contributed by atoms with Crippen LogP contribution in [0.1, 0.15) is 0 Å². The normalized spacial score (nSPS) is 11.1. The molecule has 0 aliphatic carbocycles. The summed E-state index contributed by atoms with van der Waals surface area (Å²) >= 11 is 0. The minimum absolute atomic E-state index is 0.906. The topological polar surface area (TPSA) is 26.0 Å². The zero-order valence-corrected chi connectivity index (χ0v) is 6.90. The van der Waals surface area contributed by atoms with Crippen molar-refractivity contribution in [1.82, 2.24) is 4.98 Å². The Morgan fingerprint density at radius 2 is 2.08 bits per heavy atom. The number of hydrogen-bond donors (Lipinski definition) is 0. The lowest BCUT2D eigenvalue weighted by Gasteiger charge is -1.95. The SMILES string of the molecule is c1coc2cc3ccnc3cc2c1. The van der Waals surface area contributed by atoms with Gasteiger partial charge in [-0.25, -0.2) is 0 Å². The first-order valence-corrected chi connectivity index (χ1v) is 4.15. The van der Waals surface area contributed by atoms with E-state index >= 15 is 0 Å². The molecular weight excluding hydrogens is 162 g/mol. The first-order chi connectivity index (χ1) is 6.43. The van der Waals surface area contributed by atoms with E-state index in [1.54, 1.807) is 6.26 Å². The summed E-state index contributed by atoms with van der Waals surface area (Å²) in [6.45, 7) is 0. The molecule has 0 saturated heterocycles. The van der Waals surface area contributed by atoms with E-state index < -0.39 is 0 Å². The number of hydrogen-bond acceptors (Lipinski definition) is 2. The molecule has 0 N–H and O–H groups in total. The molecule has 0 spiro atoms. The van der Waals surface area contributed by atoms with Gasteiger partial charge in [-0.15, -0.1) is 0 Å². The summed E-state index contributed by atoms with van der Waals surface area (Å²) in [6, 6.07) is 9.94. The molecule has 62 valence electrons. The van der Waals surface area contributed by atoms with Crippen molar-refractivity contribution in [2.75, 3.05) is 0 Å². The van der Waals surface area contributed by atoms with Gasteiger partial charge < -0.3 is 4.42 Å². The molecule has 0 aliphatic rings. The zero-order chi connectivity index (χ0) is 8.67. The monoisotopic (exact) mass is 169 g/mol. The molecule has 0 fully saturated rings. The molecule has 3 aromatic rings. The average Bonchev–Trinajstić information content (AvgIpc) is 2.61. The highest BCUT2D eigenvalue weighted by Crippen LogP contribution is 2.21. The third-order valence-electron chi connectivity index (χ3n) is 2.18. The van der Waals surface area contributed by atoms with Crippen LogP contribution >= 0.6 is 0 Å². The van der Waals surface area contributed by atoms with Crippen LogP contribution in [0.2, 0.25) is 0 Å². The van der Waals surface area contributed by atoms with Crippen LogP contribution in [-0.2, 0) is 0 Å². The van der Waals surface area contributed by atoms with Gasteiger partial charge in [-0.05, 0) is 30.3 Å². The molecule has 0 radical (unpaired) electrons. The van der Waals surface area contributed by atoms with Crippen LogP contribution < -0.4 is 0 Å². The Hall–Kier alpha value is -1.83. The molecule has 2 nitrogen and oxygen atoms in total. The Morgan fingerprint density at radius 1 is 1.08 bits per heavy atom. The van der Waals surface area contributed by atoms with Crippen molar-refractivity contribution in [2.45, 2.75) is 0 Å². The van der Waals surface area contributed by atoms with Crippen LogP contribution in [-0.4, -0.2) is 4.98 Å². The Bertz CT molecular complexity index is 519. The fraction of sp³-hybridized carbons (Fsp3) is 0. The van der Waals surface area contributed by atoms with Gasteiger partial charge in [-0.3, -0.25) is 4.98 Å². The molecule has 2 heterocycles. The minimum atomic E-state index is 0.906. The van der Waals surface area contributed by atoms with E-state index in [0.717, 1.165) is 21.9 Å². The molecule has 0 atom stereocenters. The van der Waals surface area contributed by atoms with Crippen LogP contribution in [0, 0.1) is 0 Å². The van der Waals surface area contributed by atoms with E-state index in [0.29, 0.717) is 0 Å². The molecule has 0 aliphatic heterocycles. The summed E-state index contributed by atoms with van der Waals surface area (Å²) in [5.74, 6) is 0.